The van der Waals surface area contributed by atoms with Crippen LogP contribution in [0.5, 0.6) is 0 Å². The minimum Gasteiger partial charge on any atom is -0.247 e. The zero-order valence-corrected chi connectivity index (χ0v) is 8.33. The van der Waals surface area contributed by atoms with E-state index in [-0.39, 0.29) is 12.3 Å². The zero-order valence-electron chi connectivity index (χ0n) is 8.33. The van der Waals surface area contributed by atoms with Gasteiger partial charge in [0.2, 0.25) is 0 Å². The highest BCUT2D eigenvalue weighted by molar-refractivity contribution is 5.74. The molecule has 0 fully saturated rings. The van der Waals surface area contributed by atoms with E-state index in [9.17, 15) is 9.59 Å². The summed E-state index contributed by atoms with van der Waals surface area (Å²) >= 11 is 0. The second kappa shape index (κ2) is 6.46. The molecule has 0 heterocycles. The summed E-state index contributed by atoms with van der Waals surface area (Å²) in [6.45, 7) is 5.42. The highest BCUT2D eigenvalue weighted by Gasteiger charge is 2.15. The molecule has 0 rings (SSSR count). The molecular formula is C9H16O4. The molecule has 0 aliphatic carbocycles. The Balaban J connectivity index is 3.63. The number of rotatable bonds is 4. The molecule has 1 atom stereocenters. The quantitative estimate of drug-likeness (QED) is 0.499. The van der Waals surface area contributed by atoms with Gasteiger partial charge in [-0.15, -0.1) is 0 Å². The van der Waals surface area contributed by atoms with Gasteiger partial charge in [-0.1, -0.05) is 20.8 Å². The average molecular weight is 188 g/mol. The molecule has 0 radical (unpaired) electrons. The van der Waals surface area contributed by atoms with Gasteiger partial charge in [0, 0.05) is 6.42 Å². The van der Waals surface area contributed by atoms with Gasteiger partial charge in [0.05, 0.1) is 5.92 Å². The van der Waals surface area contributed by atoms with Crippen LogP contribution in [0.2, 0.25) is 0 Å². The molecule has 0 bridgehead atoms. The Labute approximate surface area is 78.1 Å². The molecule has 13 heavy (non-hydrogen) atoms. The highest BCUT2D eigenvalue weighted by Crippen LogP contribution is 2.04. The fourth-order valence-corrected chi connectivity index (χ4v) is 0.582. The van der Waals surface area contributed by atoms with E-state index in [1.165, 1.54) is 0 Å². The SMILES string of the molecule is CCCC(=O)OOC(=O)C(C)CC. The van der Waals surface area contributed by atoms with E-state index >= 15 is 0 Å². The van der Waals surface area contributed by atoms with Crippen molar-refractivity contribution in [3.05, 3.63) is 0 Å². The number of hydrogen-bond acceptors (Lipinski definition) is 4. The fraction of sp³-hybridized carbons (Fsp3) is 0.778. The maximum atomic E-state index is 11.0. The highest BCUT2D eigenvalue weighted by atomic mass is 17.2. The minimum atomic E-state index is -0.501. The van der Waals surface area contributed by atoms with Crippen molar-refractivity contribution in [1.29, 1.82) is 0 Å². The molecular weight excluding hydrogens is 172 g/mol. The van der Waals surface area contributed by atoms with Gasteiger partial charge in [-0.2, -0.15) is 0 Å². The standard InChI is InChI=1S/C9H16O4/c1-4-6-8(10)12-13-9(11)7(3)5-2/h7H,4-6H2,1-3H3. The molecule has 0 aromatic carbocycles. The molecule has 0 aliphatic heterocycles. The van der Waals surface area contributed by atoms with Gasteiger partial charge >= 0.3 is 11.9 Å². The minimum absolute atomic E-state index is 0.227. The normalized spacial score (nSPS) is 11.9. The van der Waals surface area contributed by atoms with Crippen molar-refractivity contribution in [2.24, 2.45) is 5.92 Å². The summed E-state index contributed by atoms with van der Waals surface area (Å²) < 4.78 is 0. The maximum absolute atomic E-state index is 11.0. The Morgan fingerprint density at radius 3 is 2.31 bits per heavy atom. The Morgan fingerprint density at radius 2 is 1.85 bits per heavy atom. The molecule has 0 N–H and O–H groups in total. The third-order valence-corrected chi connectivity index (χ3v) is 1.69. The third kappa shape index (κ3) is 5.22. The largest absolute Gasteiger partial charge is 0.358 e. The predicted molar refractivity (Wildman–Crippen MR) is 46.5 cm³/mol. The molecule has 0 aliphatic rings. The van der Waals surface area contributed by atoms with Gasteiger partial charge in [0.1, 0.15) is 0 Å². The predicted octanol–water partition coefficient (Wildman–Crippen LogP) is 1.83. The van der Waals surface area contributed by atoms with E-state index in [1.54, 1.807) is 6.92 Å². The summed E-state index contributed by atoms with van der Waals surface area (Å²) in [6.07, 6.45) is 1.62. The van der Waals surface area contributed by atoms with Gasteiger partial charge in [-0.05, 0) is 12.8 Å². The lowest BCUT2D eigenvalue weighted by atomic mass is 10.1. The van der Waals surface area contributed by atoms with Crippen LogP contribution in [0.4, 0.5) is 0 Å². The lowest BCUT2D eigenvalue weighted by Gasteiger charge is -2.06. The van der Waals surface area contributed by atoms with Crippen molar-refractivity contribution in [2.75, 3.05) is 0 Å². The lowest BCUT2D eigenvalue weighted by Crippen LogP contribution is -2.16. The van der Waals surface area contributed by atoms with Crippen molar-refractivity contribution >= 4 is 11.9 Å². The molecule has 0 spiro atoms. The van der Waals surface area contributed by atoms with Crippen LogP contribution in [0.1, 0.15) is 40.0 Å². The van der Waals surface area contributed by atoms with E-state index in [2.05, 4.69) is 9.78 Å². The second-order valence-electron chi connectivity index (χ2n) is 2.92. The summed E-state index contributed by atoms with van der Waals surface area (Å²) in [4.78, 5) is 30.3. The van der Waals surface area contributed by atoms with Crippen LogP contribution >= 0.6 is 0 Å². The zero-order chi connectivity index (χ0) is 10.3. The Hall–Kier alpha value is -1.06. The Bertz CT molecular complexity index is 176. The molecule has 1 unspecified atom stereocenters. The molecule has 76 valence electrons. The van der Waals surface area contributed by atoms with Crippen LogP contribution in [0.25, 0.3) is 0 Å². The molecule has 4 heteroatoms. The number of carbonyl (C=O) groups is 2. The van der Waals surface area contributed by atoms with Gasteiger partial charge in [0.15, 0.2) is 0 Å². The molecule has 0 aromatic heterocycles. The van der Waals surface area contributed by atoms with E-state index in [1.807, 2.05) is 13.8 Å². The van der Waals surface area contributed by atoms with Crippen LogP contribution in [-0.4, -0.2) is 11.9 Å². The van der Waals surface area contributed by atoms with Gasteiger partial charge in [-0.25, -0.2) is 19.4 Å². The summed E-state index contributed by atoms with van der Waals surface area (Å²) in [7, 11) is 0. The summed E-state index contributed by atoms with van der Waals surface area (Å²) in [6, 6.07) is 0. The number of carbonyl (C=O) groups excluding carboxylic acids is 2. The molecule has 0 aromatic rings. The van der Waals surface area contributed by atoms with Crippen LogP contribution in [0.15, 0.2) is 0 Å². The topological polar surface area (TPSA) is 52.6 Å². The van der Waals surface area contributed by atoms with Crippen LogP contribution in [-0.2, 0) is 19.4 Å². The maximum Gasteiger partial charge on any atom is 0.358 e. The van der Waals surface area contributed by atoms with Crippen molar-refractivity contribution in [3.8, 4) is 0 Å². The fourth-order valence-electron chi connectivity index (χ4n) is 0.582. The van der Waals surface area contributed by atoms with Crippen molar-refractivity contribution in [2.45, 2.75) is 40.0 Å². The first-order valence-electron chi connectivity index (χ1n) is 4.53. The van der Waals surface area contributed by atoms with Crippen LogP contribution in [0.3, 0.4) is 0 Å². The van der Waals surface area contributed by atoms with E-state index < -0.39 is 11.9 Å². The smallest absolute Gasteiger partial charge is 0.247 e. The first-order chi connectivity index (χ1) is 6.11. The summed E-state index contributed by atoms with van der Waals surface area (Å²) in [5.41, 5.74) is 0. The molecule has 4 nitrogen and oxygen atoms in total. The van der Waals surface area contributed by atoms with Gasteiger partial charge in [0.25, 0.3) is 0 Å². The monoisotopic (exact) mass is 188 g/mol. The van der Waals surface area contributed by atoms with E-state index in [4.69, 9.17) is 0 Å². The van der Waals surface area contributed by atoms with E-state index in [0.29, 0.717) is 12.8 Å². The van der Waals surface area contributed by atoms with Gasteiger partial charge < -0.3 is 0 Å². The summed E-state index contributed by atoms with van der Waals surface area (Å²) in [5.74, 6) is -1.22. The third-order valence-electron chi connectivity index (χ3n) is 1.69. The molecule has 0 saturated heterocycles. The Morgan fingerprint density at radius 1 is 1.23 bits per heavy atom. The van der Waals surface area contributed by atoms with E-state index in [0.717, 1.165) is 0 Å². The molecule has 0 saturated carbocycles. The van der Waals surface area contributed by atoms with Gasteiger partial charge in [-0.3, -0.25) is 0 Å². The first-order valence-corrected chi connectivity index (χ1v) is 4.53. The number of hydrogen-bond donors (Lipinski definition) is 0. The van der Waals surface area contributed by atoms with Crippen molar-refractivity contribution < 1.29 is 19.4 Å². The van der Waals surface area contributed by atoms with Crippen molar-refractivity contribution in [3.63, 3.8) is 0 Å². The van der Waals surface area contributed by atoms with Crippen LogP contribution in [0, 0.1) is 5.92 Å². The second-order valence-corrected chi connectivity index (χ2v) is 2.92. The molecule has 0 amide bonds. The van der Waals surface area contributed by atoms with Crippen molar-refractivity contribution in [1.82, 2.24) is 0 Å². The average Bonchev–Trinajstić information content (AvgIpc) is 2.13. The first kappa shape index (κ1) is 11.9. The van der Waals surface area contributed by atoms with Crippen LogP contribution < -0.4 is 0 Å². The Kier molecular flexibility index (Phi) is 5.93. The summed E-state index contributed by atoms with van der Waals surface area (Å²) in [5, 5.41) is 0. The lowest BCUT2D eigenvalue weighted by molar-refractivity contribution is -0.262.